The second kappa shape index (κ2) is 7.32. The lowest BCUT2D eigenvalue weighted by Gasteiger charge is -2.09. The fourth-order valence-electron chi connectivity index (χ4n) is 3.83. The molecule has 3 nitrogen and oxygen atoms in total. The fourth-order valence-corrected chi connectivity index (χ4v) is 5.04. The normalized spacial score (nSPS) is 11.1. The third-order valence-corrected chi connectivity index (χ3v) is 6.44. The Balaban J connectivity index is 1.79. The zero-order chi connectivity index (χ0) is 20.7. The zero-order valence-corrected chi connectivity index (χ0v) is 17.1. The second-order valence-corrected chi connectivity index (χ2v) is 8.12. The van der Waals surface area contributed by atoms with E-state index in [1.54, 1.807) is 43.5 Å². The molecule has 0 atom stereocenters. The summed E-state index contributed by atoms with van der Waals surface area (Å²) >= 11 is 1.41. The van der Waals surface area contributed by atoms with Gasteiger partial charge in [0.25, 0.3) is 0 Å². The standard InChI is InChI=1S/C26H18O3S/c1-29-19-12-9-17(10-13-19)25(28)26-24(22-14-11-18(27)15-23(22)30-26)21-8-4-6-16-5-2-3-7-20(16)21/h2-15,27H,1H3. The van der Waals surface area contributed by atoms with Crippen LogP contribution in [-0.4, -0.2) is 18.0 Å². The average Bonchev–Trinajstić information content (AvgIpc) is 3.16. The van der Waals surface area contributed by atoms with Crippen LogP contribution in [0.2, 0.25) is 0 Å². The van der Waals surface area contributed by atoms with Crippen molar-refractivity contribution in [2.45, 2.75) is 0 Å². The topological polar surface area (TPSA) is 46.5 Å². The smallest absolute Gasteiger partial charge is 0.203 e. The maximum absolute atomic E-state index is 13.5. The minimum Gasteiger partial charge on any atom is -0.508 e. The quantitative estimate of drug-likeness (QED) is 0.337. The molecule has 5 rings (SSSR count). The number of fused-ring (bicyclic) bond motifs is 2. The van der Waals surface area contributed by atoms with Crippen LogP contribution in [0.3, 0.4) is 0 Å². The largest absolute Gasteiger partial charge is 0.508 e. The van der Waals surface area contributed by atoms with E-state index in [1.807, 2.05) is 24.3 Å². The molecule has 30 heavy (non-hydrogen) atoms. The molecule has 0 fully saturated rings. The van der Waals surface area contributed by atoms with Gasteiger partial charge in [0.05, 0.1) is 12.0 Å². The first kappa shape index (κ1) is 18.4. The molecule has 4 heteroatoms. The maximum atomic E-state index is 13.5. The summed E-state index contributed by atoms with van der Waals surface area (Å²) in [5.41, 5.74) is 2.53. The minimum atomic E-state index is -0.0405. The predicted molar refractivity (Wildman–Crippen MR) is 123 cm³/mol. The Labute approximate surface area is 177 Å². The SMILES string of the molecule is COc1ccc(C(=O)c2sc3cc(O)ccc3c2-c2cccc3ccccc23)cc1. The molecule has 0 saturated carbocycles. The van der Waals surface area contributed by atoms with Crippen LogP contribution in [-0.2, 0) is 0 Å². The van der Waals surface area contributed by atoms with Gasteiger partial charge in [0.1, 0.15) is 11.5 Å². The summed E-state index contributed by atoms with van der Waals surface area (Å²) < 4.78 is 6.10. The summed E-state index contributed by atoms with van der Waals surface area (Å²) in [7, 11) is 1.61. The highest BCUT2D eigenvalue weighted by Crippen LogP contribution is 2.43. The summed E-state index contributed by atoms with van der Waals surface area (Å²) in [4.78, 5) is 14.2. The van der Waals surface area contributed by atoms with Crippen molar-refractivity contribution in [2.24, 2.45) is 0 Å². The Morgan fingerprint density at radius 2 is 1.63 bits per heavy atom. The molecule has 0 unspecified atom stereocenters. The van der Waals surface area contributed by atoms with Crippen molar-refractivity contribution in [3.63, 3.8) is 0 Å². The third-order valence-electron chi connectivity index (χ3n) is 5.29. The fraction of sp³-hybridized carbons (Fsp3) is 0.0385. The van der Waals surface area contributed by atoms with Crippen molar-refractivity contribution in [1.82, 2.24) is 0 Å². The van der Waals surface area contributed by atoms with Gasteiger partial charge in [0.2, 0.25) is 5.78 Å². The first-order valence-corrected chi connectivity index (χ1v) is 10.4. The van der Waals surface area contributed by atoms with E-state index in [2.05, 4.69) is 24.3 Å². The van der Waals surface area contributed by atoms with Crippen molar-refractivity contribution in [1.29, 1.82) is 0 Å². The maximum Gasteiger partial charge on any atom is 0.203 e. The highest BCUT2D eigenvalue weighted by molar-refractivity contribution is 7.21. The summed E-state index contributed by atoms with van der Waals surface area (Å²) in [5.74, 6) is 0.861. The summed E-state index contributed by atoms with van der Waals surface area (Å²) in [6.07, 6.45) is 0. The number of aromatic hydroxyl groups is 1. The number of hydrogen-bond donors (Lipinski definition) is 1. The molecule has 0 aliphatic rings. The van der Waals surface area contributed by atoms with Gasteiger partial charge in [0.15, 0.2) is 0 Å². The van der Waals surface area contributed by atoms with Crippen molar-refractivity contribution >= 4 is 38.0 Å². The van der Waals surface area contributed by atoms with E-state index in [-0.39, 0.29) is 11.5 Å². The average molecular weight is 410 g/mol. The Morgan fingerprint density at radius 1 is 0.867 bits per heavy atom. The van der Waals surface area contributed by atoms with Gasteiger partial charge in [-0.1, -0.05) is 42.5 Å². The lowest BCUT2D eigenvalue weighted by Crippen LogP contribution is -2.00. The summed E-state index contributed by atoms with van der Waals surface area (Å²) in [6.45, 7) is 0. The van der Waals surface area contributed by atoms with Crippen LogP contribution < -0.4 is 4.74 Å². The number of methoxy groups -OCH3 is 1. The first-order valence-electron chi connectivity index (χ1n) is 9.58. The van der Waals surface area contributed by atoms with Gasteiger partial charge in [-0.05, 0) is 58.8 Å². The van der Waals surface area contributed by atoms with E-state index in [4.69, 9.17) is 4.74 Å². The van der Waals surface area contributed by atoms with Crippen LogP contribution in [0.15, 0.2) is 84.9 Å². The Hall–Kier alpha value is -3.63. The van der Waals surface area contributed by atoms with Crippen molar-refractivity contribution in [2.75, 3.05) is 7.11 Å². The van der Waals surface area contributed by atoms with Crippen LogP contribution in [0.4, 0.5) is 0 Å². The first-order chi connectivity index (χ1) is 14.7. The molecule has 1 N–H and O–H groups in total. The molecule has 0 spiro atoms. The number of benzene rings is 4. The van der Waals surface area contributed by atoms with E-state index >= 15 is 0 Å². The van der Waals surface area contributed by atoms with Crippen LogP contribution in [0.25, 0.3) is 32.0 Å². The molecular weight excluding hydrogens is 392 g/mol. The van der Waals surface area contributed by atoms with Crippen molar-refractivity contribution < 1.29 is 14.6 Å². The van der Waals surface area contributed by atoms with Gasteiger partial charge in [-0.3, -0.25) is 4.79 Å². The molecule has 1 aromatic heterocycles. The van der Waals surface area contributed by atoms with Crippen molar-refractivity contribution in [3.05, 3.63) is 95.4 Å². The van der Waals surface area contributed by atoms with Gasteiger partial charge in [-0.15, -0.1) is 11.3 Å². The Morgan fingerprint density at radius 3 is 2.43 bits per heavy atom. The number of phenolic OH excluding ortho intramolecular Hbond substituents is 1. The molecule has 1 heterocycles. The number of ether oxygens (including phenoxy) is 1. The highest BCUT2D eigenvalue weighted by Gasteiger charge is 2.22. The van der Waals surface area contributed by atoms with Gasteiger partial charge >= 0.3 is 0 Å². The number of hydrogen-bond acceptors (Lipinski definition) is 4. The number of carbonyl (C=O) groups excluding carboxylic acids is 1. The lowest BCUT2D eigenvalue weighted by atomic mass is 9.94. The van der Waals surface area contributed by atoms with Crippen LogP contribution in [0.5, 0.6) is 11.5 Å². The minimum absolute atomic E-state index is 0.0405. The monoisotopic (exact) mass is 410 g/mol. The van der Waals surface area contributed by atoms with E-state index in [0.717, 1.165) is 32.0 Å². The number of phenols is 1. The molecule has 0 radical (unpaired) electrons. The molecule has 0 amide bonds. The number of thiophene rings is 1. The van der Waals surface area contributed by atoms with Crippen LogP contribution in [0, 0.1) is 0 Å². The number of rotatable bonds is 4. The molecule has 0 bridgehead atoms. The van der Waals surface area contributed by atoms with Crippen LogP contribution >= 0.6 is 11.3 Å². The van der Waals surface area contributed by atoms with Crippen molar-refractivity contribution in [3.8, 4) is 22.6 Å². The van der Waals surface area contributed by atoms with Crippen LogP contribution in [0.1, 0.15) is 15.2 Å². The molecular formula is C26H18O3S. The Bertz CT molecular complexity index is 1390. The summed E-state index contributed by atoms with van der Waals surface area (Å²) in [6, 6.07) is 26.8. The molecule has 146 valence electrons. The van der Waals surface area contributed by atoms with Gasteiger partial charge in [-0.25, -0.2) is 0 Å². The highest BCUT2D eigenvalue weighted by atomic mass is 32.1. The van der Waals surface area contributed by atoms with Gasteiger partial charge in [-0.2, -0.15) is 0 Å². The number of carbonyl (C=O) groups is 1. The lowest BCUT2D eigenvalue weighted by molar-refractivity contribution is 0.104. The predicted octanol–water partition coefficient (Wildman–Crippen LogP) is 6.67. The van der Waals surface area contributed by atoms with E-state index in [0.29, 0.717) is 16.2 Å². The molecule has 5 aromatic rings. The van der Waals surface area contributed by atoms with E-state index < -0.39 is 0 Å². The second-order valence-electron chi connectivity index (χ2n) is 7.07. The van der Waals surface area contributed by atoms with Gasteiger partial charge in [0, 0.05) is 21.2 Å². The summed E-state index contributed by atoms with van der Waals surface area (Å²) in [5, 5.41) is 13.2. The number of ketones is 1. The molecule has 0 aliphatic heterocycles. The third kappa shape index (κ3) is 3.02. The molecule has 0 aliphatic carbocycles. The Kier molecular flexibility index (Phi) is 4.49. The molecule has 0 saturated heterocycles. The van der Waals surface area contributed by atoms with E-state index in [1.165, 1.54) is 11.3 Å². The zero-order valence-electron chi connectivity index (χ0n) is 16.3. The van der Waals surface area contributed by atoms with Gasteiger partial charge < -0.3 is 9.84 Å². The van der Waals surface area contributed by atoms with E-state index in [9.17, 15) is 9.90 Å². The molecule has 4 aromatic carbocycles.